The third-order valence-corrected chi connectivity index (χ3v) is 18.5. The number of fused-ring (bicyclic) bond motifs is 30. The number of hydrogen-bond donors (Lipinski definition) is 0. The van der Waals surface area contributed by atoms with E-state index < -0.39 is 0 Å². The van der Waals surface area contributed by atoms with Gasteiger partial charge in [-0.3, -0.25) is 0 Å². The molecule has 0 spiro atoms. The van der Waals surface area contributed by atoms with Crippen molar-refractivity contribution >= 4 is 120 Å². The number of nitrogens with zero attached hydrogens (tertiary/aromatic N) is 6. The largest absolute Gasteiger partial charge is 0.416 e. The van der Waals surface area contributed by atoms with Crippen LogP contribution in [0, 0.1) is 0 Å². The van der Waals surface area contributed by atoms with E-state index in [-0.39, 0.29) is 20.9 Å². The van der Waals surface area contributed by atoms with Gasteiger partial charge in [0, 0.05) is 83.1 Å². The topological polar surface area (TPSA) is 24.5 Å². The summed E-state index contributed by atoms with van der Waals surface area (Å²) in [6.07, 6.45) is 0. The zero-order valence-electron chi connectivity index (χ0n) is 43.9. The van der Waals surface area contributed by atoms with Crippen molar-refractivity contribution in [3.8, 4) is 50.4 Å². The summed E-state index contributed by atoms with van der Waals surface area (Å²) in [4.78, 5) is 0. The van der Waals surface area contributed by atoms with Crippen LogP contribution >= 0.6 is 0 Å². The van der Waals surface area contributed by atoms with Crippen LogP contribution in [0.5, 0.6) is 0 Å². The van der Waals surface area contributed by atoms with Crippen molar-refractivity contribution in [2.45, 2.75) is 0 Å². The summed E-state index contributed by atoms with van der Waals surface area (Å²) in [5.41, 5.74) is 25.6. The van der Waals surface area contributed by atoms with E-state index in [0.29, 0.717) is 0 Å². The van der Waals surface area contributed by atoms with Crippen LogP contribution in [0.15, 0.2) is 273 Å². The van der Waals surface area contributed by atoms with Crippen LogP contribution in [0.2, 0.25) is 0 Å². The Morgan fingerprint density at radius 3 is 0.679 bits per heavy atom. The maximum absolute atomic E-state index is 2.78. The smallest absolute Gasteiger partial charge is 0.389 e. The summed E-state index contributed by atoms with van der Waals surface area (Å²) in [6, 6.07) is 103. The summed E-state index contributed by atoms with van der Waals surface area (Å²) < 4.78 is 15.7. The van der Waals surface area contributed by atoms with Gasteiger partial charge in [-0.05, 0) is 124 Å². The Balaban J connectivity index is 0.887. The zero-order valence-corrected chi connectivity index (χ0v) is 43.9. The fourth-order valence-electron chi connectivity index (χ4n) is 15.3. The van der Waals surface area contributed by atoms with Crippen LogP contribution in [0.3, 0.4) is 0 Å². The highest BCUT2D eigenvalue weighted by Gasteiger charge is 2.61. The predicted molar refractivity (Wildman–Crippen MR) is 342 cm³/mol. The van der Waals surface area contributed by atoms with Crippen LogP contribution < -0.4 is 30.6 Å². The average molecular weight is 1030 g/mol. The lowest BCUT2D eigenvalue weighted by molar-refractivity contribution is 1.17. The first-order chi connectivity index (χ1) is 40.2. The number of rotatable bonds is 3. The minimum absolute atomic E-state index is 0.197. The summed E-state index contributed by atoms with van der Waals surface area (Å²) >= 11 is 0. The van der Waals surface area contributed by atoms with E-state index >= 15 is 0 Å². The molecule has 7 heterocycles. The second-order valence-corrected chi connectivity index (χ2v) is 22.3. The van der Waals surface area contributed by atoms with Crippen LogP contribution in [0.1, 0.15) is 0 Å². The Morgan fingerprint density at radius 1 is 0.198 bits per heavy atom. The van der Waals surface area contributed by atoms with Crippen molar-refractivity contribution in [2.24, 2.45) is 0 Å². The van der Waals surface area contributed by atoms with Gasteiger partial charge in [-0.25, -0.2) is 0 Å². The summed E-state index contributed by atoms with van der Waals surface area (Å²) in [7, 11) is 0. The molecule has 4 aliphatic rings. The van der Waals surface area contributed by atoms with Crippen LogP contribution in [0.4, 0.5) is 17.1 Å². The maximum Gasteiger partial charge on any atom is 0.389 e. The van der Waals surface area contributed by atoms with Gasteiger partial charge in [-0.15, -0.1) is 0 Å². The molecule has 15 aromatic rings. The van der Waals surface area contributed by atoms with Crippen LogP contribution in [0.25, 0.3) is 116 Å². The molecular formula is C72H45B3N6. The molecule has 12 aromatic carbocycles. The number of benzene rings is 12. The van der Waals surface area contributed by atoms with Crippen molar-refractivity contribution < 1.29 is 0 Å². The first kappa shape index (κ1) is 43.6. The average Bonchev–Trinajstić information content (AvgIpc) is 2.37. The van der Waals surface area contributed by atoms with Gasteiger partial charge in [0.25, 0.3) is 0 Å². The van der Waals surface area contributed by atoms with E-state index in [4.69, 9.17) is 0 Å². The monoisotopic (exact) mass is 1030 g/mol. The predicted octanol–water partition coefficient (Wildman–Crippen LogP) is 14.9. The number of anilines is 3. The van der Waals surface area contributed by atoms with Gasteiger partial charge in [0.15, 0.2) is 0 Å². The first-order valence-electron chi connectivity index (χ1n) is 28.3. The number of para-hydroxylation sites is 6. The highest BCUT2D eigenvalue weighted by molar-refractivity contribution is 7.16. The summed E-state index contributed by atoms with van der Waals surface area (Å²) in [5.74, 6) is 0. The Bertz CT molecular complexity index is 4540. The molecule has 1 saturated heterocycles. The molecule has 0 aliphatic carbocycles. The molecule has 0 unspecified atom stereocenters. The Kier molecular flexibility index (Phi) is 8.68. The lowest BCUT2D eigenvalue weighted by Crippen LogP contribution is -2.88. The summed E-state index contributed by atoms with van der Waals surface area (Å²) in [6.45, 7) is -0.592. The Morgan fingerprint density at radius 2 is 0.420 bits per heavy atom. The van der Waals surface area contributed by atoms with Gasteiger partial charge in [-0.1, -0.05) is 182 Å². The zero-order chi connectivity index (χ0) is 52.6. The molecule has 0 radical (unpaired) electrons. The van der Waals surface area contributed by atoms with Gasteiger partial charge in [-0.2, -0.15) is 0 Å². The van der Waals surface area contributed by atoms with E-state index in [1.807, 2.05) is 0 Å². The molecule has 0 bridgehead atoms. The fraction of sp³-hybridized carbons (Fsp3) is 0. The second-order valence-electron chi connectivity index (χ2n) is 22.3. The summed E-state index contributed by atoms with van der Waals surface area (Å²) in [5, 5.41) is 7.55. The van der Waals surface area contributed by atoms with E-state index in [9.17, 15) is 0 Å². The van der Waals surface area contributed by atoms with Gasteiger partial charge >= 0.3 is 20.9 Å². The number of aromatic nitrogens is 3. The molecule has 6 nitrogen and oxygen atoms in total. The molecule has 19 rings (SSSR count). The fourth-order valence-corrected chi connectivity index (χ4v) is 15.3. The van der Waals surface area contributed by atoms with Crippen molar-refractivity contribution in [2.75, 3.05) is 14.2 Å². The van der Waals surface area contributed by atoms with E-state index in [0.717, 1.165) is 17.1 Å². The lowest BCUT2D eigenvalue weighted by Gasteiger charge is -2.61. The maximum atomic E-state index is 2.78. The van der Waals surface area contributed by atoms with Crippen molar-refractivity contribution in [3.63, 3.8) is 0 Å². The highest BCUT2D eigenvalue weighted by atomic mass is 15.3. The molecular weight excluding hydrogens is 981 g/mol. The Hall–Kier alpha value is -10.4. The molecule has 0 N–H and O–H groups in total. The standard InChI is InChI=1S/C72H45B3N6/c1-10-28-61-49(19-1)58-43-46(76-64-31-13-4-22-52(64)53-23-5-14-32-65(53)76)37-40-70(58)79-73(61)80-71-41-38-47(77-66-33-15-6-24-54(66)55-25-7-16-34-67(55)77)44-59(71)50-20-3-12-30-63(50)75(80)81-72-42-39-48(45-60(72)51-21-2-11-29-62(51)74(79)81)78-68-35-17-8-26-56(68)57-27-9-18-36-69(57)78/h1-45H. The second kappa shape index (κ2) is 16.1. The quantitative estimate of drug-likeness (QED) is 0.165. The Labute approximate surface area is 468 Å². The molecule has 0 atom stereocenters. The van der Waals surface area contributed by atoms with Gasteiger partial charge in [0.2, 0.25) is 0 Å². The van der Waals surface area contributed by atoms with E-state index in [2.05, 4.69) is 301 Å². The number of hydrogen-bond acceptors (Lipinski definition) is 3. The molecule has 1 fully saturated rings. The molecule has 0 saturated carbocycles. The third-order valence-electron chi connectivity index (χ3n) is 18.5. The SMILES string of the molecule is c1ccc2c(c1)B1N(B3c4ccccc4-c4cc(-n5c6ccccc6c6ccccc65)ccc4N3B3c4ccccc4-c4cc(-n5c6ccccc6c6ccccc65)ccc4N13)c1ccc(-n3c4ccccc4c4ccccc43)cc1-2. The molecule has 0 amide bonds. The minimum Gasteiger partial charge on any atom is -0.416 e. The molecule has 4 aliphatic heterocycles. The highest BCUT2D eigenvalue weighted by Crippen LogP contribution is 2.51. The van der Waals surface area contributed by atoms with Crippen molar-refractivity contribution in [3.05, 3.63) is 273 Å². The van der Waals surface area contributed by atoms with Crippen molar-refractivity contribution in [1.82, 2.24) is 13.7 Å². The van der Waals surface area contributed by atoms with Crippen LogP contribution in [-0.2, 0) is 0 Å². The molecule has 81 heavy (non-hydrogen) atoms. The lowest BCUT2D eigenvalue weighted by atomic mass is 9.34. The van der Waals surface area contributed by atoms with Gasteiger partial charge < -0.3 is 27.9 Å². The van der Waals surface area contributed by atoms with E-state index in [1.54, 1.807) is 0 Å². The third kappa shape index (κ3) is 5.74. The van der Waals surface area contributed by atoms with E-state index in [1.165, 1.54) is 132 Å². The molecule has 372 valence electrons. The normalized spacial score (nSPS) is 13.8. The van der Waals surface area contributed by atoms with Crippen molar-refractivity contribution in [1.29, 1.82) is 0 Å². The van der Waals surface area contributed by atoms with Gasteiger partial charge in [0.05, 0.1) is 33.1 Å². The molecule has 9 heteroatoms. The minimum atomic E-state index is -0.197. The molecule has 3 aromatic heterocycles. The first-order valence-corrected chi connectivity index (χ1v) is 28.3. The van der Waals surface area contributed by atoms with Crippen LogP contribution in [-0.4, -0.2) is 34.6 Å². The van der Waals surface area contributed by atoms with Gasteiger partial charge in [0.1, 0.15) is 0 Å².